The van der Waals surface area contributed by atoms with E-state index in [0.29, 0.717) is 25.8 Å². The standard InChI is InChI=1S/C17H29N3O4/c1-5-9-20-11-14(19-12-20)10-13(15(21)22)7-6-8-18-16(23)24-17(2,3)4/h11-13H,5-10H2,1-4H3,(H,18,23)(H,21,22). The maximum atomic E-state index is 11.5. The van der Waals surface area contributed by atoms with Crippen LogP contribution in [0, 0.1) is 5.92 Å². The van der Waals surface area contributed by atoms with Gasteiger partial charge in [0.15, 0.2) is 0 Å². The highest BCUT2D eigenvalue weighted by molar-refractivity contribution is 5.70. The van der Waals surface area contributed by atoms with E-state index in [4.69, 9.17) is 4.74 Å². The molecule has 1 atom stereocenters. The average Bonchev–Trinajstić information content (AvgIpc) is 2.88. The van der Waals surface area contributed by atoms with Crippen molar-refractivity contribution in [1.82, 2.24) is 14.9 Å². The summed E-state index contributed by atoms with van der Waals surface area (Å²) in [5, 5.41) is 12.0. The van der Waals surface area contributed by atoms with Crippen molar-refractivity contribution in [3.05, 3.63) is 18.2 Å². The van der Waals surface area contributed by atoms with Gasteiger partial charge in [-0.3, -0.25) is 4.79 Å². The lowest BCUT2D eigenvalue weighted by molar-refractivity contribution is -0.142. The van der Waals surface area contributed by atoms with Crippen LogP contribution < -0.4 is 5.32 Å². The lowest BCUT2D eigenvalue weighted by atomic mass is 9.98. The smallest absolute Gasteiger partial charge is 0.407 e. The molecule has 2 N–H and O–H groups in total. The number of imidazole rings is 1. The van der Waals surface area contributed by atoms with Crippen LogP contribution in [0.25, 0.3) is 0 Å². The van der Waals surface area contributed by atoms with Gasteiger partial charge in [0.25, 0.3) is 0 Å². The number of alkyl carbamates (subject to hydrolysis) is 1. The van der Waals surface area contributed by atoms with E-state index in [1.54, 1.807) is 27.1 Å². The molecule has 1 rings (SSSR count). The van der Waals surface area contributed by atoms with E-state index in [1.807, 2.05) is 10.8 Å². The summed E-state index contributed by atoms with van der Waals surface area (Å²) in [5.41, 5.74) is 0.251. The number of nitrogens with zero attached hydrogens (tertiary/aromatic N) is 2. The number of hydrogen-bond acceptors (Lipinski definition) is 4. The molecule has 0 aliphatic heterocycles. The van der Waals surface area contributed by atoms with Crippen molar-refractivity contribution in [3.8, 4) is 0 Å². The maximum absolute atomic E-state index is 11.5. The number of aliphatic carboxylic acids is 1. The number of rotatable bonds is 9. The molecule has 0 fully saturated rings. The molecule has 1 unspecified atom stereocenters. The summed E-state index contributed by atoms with van der Waals surface area (Å²) in [6.45, 7) is 8.74. The highest BCUT2D eigenvalue weighted by Gasteiger charge is 2.20. The highest BCUT2D eigenvalue weighted by atomic mass is 16.6. The molecule has 136 valence electrons. The van der Waals surface area contributed by atoms with Crippen LogP contribution in [0.15, 0.2) is 12.5 Å². The zero-order valence-corrected chi connectivity index (χ0v) is 15.0. The topological polar surface area (TPSA) is 93.5 Å². The van der Waals surface area contributed by atoms with E-state index < -0.39 is 23.6 Å². The van der Waals surface area contributed by atoms with Gasteiger partial charge in [0, 0.05) is 25.7 Å². The summed E-state index contributed by atoms with van der Waals surface area (Å²) in [4.78, 5) is 27.2. The van der Waals surface area contributed by atoms with E-state index in [2.05, 4.69) is 17.2 Å². The Bertz CT molecular complexity index is 534. The number of ether oxygens (including phenoxy) is 1. The van der Waals surface area contributed by atoms with Crippen LogP contribution in [0.5, 0.6) is 0 Å². The molecule has 1 aromatic rings. The number of carbonyl (C=O) groups is 2. The van der Waals surface area contributed by atoms with Crippen molar-refractivity contribution in [2.75, 3.05) is 6.54 Å². The summed E-state index contributed by atoms with van der Waals surface area (Å²) >= 11 is 0. The number of aromatic nitrogens is 2. The molecule has 0 saturated heterocycles. The molecule has 0 aliphatic carbocycles. The van der Waals surface area contributed by atoms with Gasteiger partial charge in [0.1, 0.15) is 5.60 Å². The monoisotopic (exact) mass is 339 g/mol. The molecule has 0 saturated carbocycles. The molecular formula is C17H29N3O4. The van der Waals surface area contributed by atoms with E-state index >= 15 is 0 Å². The minimum absolute atomic E-state index is 0.392. The Morgan fingerprint density at radius 2 is 2.12 bits per heavy atom. The van der Waals surface area contributed by atoms with Gasteiger partial charge in [0.2, 0.25) is 0 Å². The Kier molecular flexibility index (Phi) is 7.74. The first-order valence-electron chi connectivity index (χ1n) is 8.41. The van der Waals surface area contributed by atoms with E-state index in [0.717, 1.165) is 18.7 Å². The van der Waals surface area contributed by atoms with Gasteiger partial charge < -0.3 is 19.7 Å². The number of carboxylic acids is 1. The van der Waals surface area contributed by atoms with Crippen molar-refractivity contribution in [3.63, 3.8) is 0 Å². The van der Waals surface area contributed by atoms with Crippen molar-refractivity contribution in [1.29, 1.82) is 0 Å². The zero-order chi connectivity index (χ0) is 18.2. The van der Waals surface area contributed by atoms with Gasteiger partial charge in [-0.05, 0) is 40.0 Å². The van der Waals surface area contributed by atoms with Crippen LogP contribution in [-0.2, 0) is 22.5 Å². The first-order valence-corrected chi connectivity index (χ1v) is 8.41. The van der Waals surface area contributed by atoms with Crippen LogP contribution in [-0.4, -0.2) is 38.9 Å². The molecule has 0 aromatic carbocycles. The Morgan fingerprint density at radius 3 is 2.71 bits per heavy atom. The van der Waals surface area contributed by atoms with Gasteiger partial charge in [0.05, 0.1) is 17.9 Å². The molecule has 0 spiro atoms. The van der Waals surface area contributed by atoms with Crippen LogP contribution in [0.3, 0.4) is 0 Å². The molecule has 7 nitrogen and oxygen atoms in total. The normalized spacial score (nSPS) is 12.7. The predicted molar refractivity (Wildman–Crippen MR) is 90.8 cm³/mol. The highest BCUT2D eigenvalue weighted by Crippen LogP contribution is 2.14. The predicted octanol–water partition coefficient (Wildman–Crippen LogP) is 2.84. The molecule has 1 amide bonds. The van der Waals surface area contributed by atoms with Gasteiger partial charge >= 0.3 is 12.1 Å². The third kappa shape index (κ3) is 7.99. The molecule has 0 bridgehead atoms. The lowest BCUT2D eigenvalue weighted by Gasteiger charge is -2.19. The fraction of sp³-hybridized carbons (Fsp3) is 0.706. The molecule has 1 aromatic heterocycles. The van der Waals surface area contributed by atoms with Gasteiger partial charge in [-0.15, -0.1) is 0 Å². The first kappa shape index (κ1) is 20.0. The average molecular weight is 339 g/mol. The molecule has 24 heavy (non-hydrogen) atoms. The second-order valence-corrected chi connectivity index (χ2v) is 6.91. The fourth-order valence-corrected chi connectivity index (χ4v) is 2.31. The Balaban J connectivity index is 2.38. The Labute approximate surface area is 143 Å². The number of nitrogens with one attached hydrogen (secondary N) is 1. The summed E-state index contributed by atoms with van der Waals surface area (Å²) in [5.74, 6) is -1.34. The van der Waals surface area contributed by atoms with Crippen LogP contribution in [0.4, 0.5) is 4.79 Å². The number of carbonyl (C=O) groups excluding carboxylic acids is 1. The van der Waals surface area contributed by atoms with Gasteiger partial charge in [-0.2, -0.15) is 0 Å². The zero-order valence-electron chi connectivity index (χ0n) is 15.0. The fourth-order valence-electron chi connectivity index (χ4n) is 2.31. The summed E-state index contributed by atoms with van der Waals surface area (Å²) in [6.07, 6.45) is 5.62. The van der Waals surface area contributed by atoms with Crippen LogP contribution >= 0.6 is 0 Å². The second kappa shape index (κ2) is 9.30. The summed E-state index contributed by atoms with van der Waals surface area (Å²) in [7, 11) is 0. The number of aryl methyl sites for hydroxylation is 1. The van der Waals surface area contributed by atoms with E-state index in [1.165, 1.54) is 0 Å². The number of amides is 1. The maximum Gasteiger partial charge on any atom is 0.407 e. The van der Waals surface area contributed by atoms with Crippen LogP contribution in [0.1, 0.15) is 52.7 Å². The Hall–Kier alpha value is -2.05. The summed E-state index contributed by atoms with van der Waals surface area (Å²) in [6, 6.07) is 0. The molecule has 0 aliphatic rings. The second-order valence-electron chi connectivity index (χ2n) is 6.91. The van der Waals surface area contributed by atoms with Crippen molar-refractivity contribution in [2.45, 2.75) is 65.5 Å². The van der Waals surface area contributed by atoms with Crippen LogP contribution in [0.2, 0.25) is 0 Å². The van der Waals surface area contributed by atoms with Crippen molar-refractivity contribution >= 4 is 12.1 Å². The Morgan fingerprint density at radius 1 is 1.42 bits per heavy atom. The third-order valence-electron chi connectivity index (χ3n) is 3.37. The molecule has 7 heteroatoms. The van der Waals surface area contributed by atoms with Gasteiger partial charge in [-0.25, -0.2) is 9.78 Å². The van der Waals surface area contributed by atoms with E-state index in [-0.39, 0.29) is 0 Å². The minimum atomic E-state index is -0.836. The van der Waals surface area contributed by atoms with Crippen molar-refractivity contribution < 1.29 is 19.4 Å². The number of carboxylic acid groups (broad SMARTS) is 1. The van der Waals surface area contributed by atoms with Gasteiger partial charge in [-0.1, -0.05) is 6.92 Å². The largest absolute Gasteiger partial charge is 0.481 e. The lowest BCUT2D eigenvalue weighted by Crippen LogP contribution is -2.33. The SMILES string of the molecule is CCCn1cnc(CC(CCCNC(=O)OC(C)(C)C)C(=O)O)c1. The van der Waals surface area contributed by atoms with E-state index in [9.17, 15) is 14.7 Å². The molecule has 0 radical (unpaired) electrons. The number of hydrogen-bond donors (Lipinski definition) is 2. The summed E-state index contributed by atoms with van der Waals surface area (Å²) < 4.78 is 7.10. The third-order valence-corrected chi connectivity index (χ3v) is 3.37. The van der Waals surface area contributed by atoms with Crippen molar-refractivity contribution in [2.24, 2.45) is 5.92 Å². The molecule has 1 heterocycles. The minimum Gasteiger partial charge on any atom is -0.481 e. The molecular weight excluding hydrogens is 310 g/mol. The first-order chi connectivity index (χ1) is 11.2. The quantitative estimate of drug-likeness (QED) is 0.675.